The van der Waals surface area contributed by atoms with Crippen molar-refractivity contribution in [1.82, 2.24) is 4.98 Å². The number of hydrogen-bond donors (Lipinski definition) is 0. The zero-order valence-corrected chi connectivity index (χ0v) is 17.3. The van der Waals surface area contributed by atoms with Crippen LogP contribution < -0.4 is 9.47 Å². The van der Waals surface area contributed by atoms with Gasteiger partial charge in [0.2, 0.25) is 0 Å². The molecule has 2 aromatic carbocycles. The van der Waals surface area contributed by atoms with E-state index in [1.165, 1.54) is 0 Å². The van der Waals surface area contributed by atoms with Gasteiger partial charge >= 0.3 is 0 Å². The van der Waals surface area contributed by atoms with Gasteiger partial charge in [0.1, 0.15) is 24.7 Å². The van der Waals surface area contributed by atoms with Crippen molar-refractivity contribution in [2.75, 3.05) is 26.3 Å². The van der Waals surface area contributed by atoms with E-state index in [0.717, 1.165) is 34.0 Å². The largest absolute Gasteiger partial charge is 0.487 e. The Kier molecular flexibility index (Phi) is 7.39. The Hall–Kier alpha value is -3.51. The summed E-state index contributed by atoms with van der Waals surface area (Å²) in [5.41, 5.74) is 3.53. The topological polar surface area (TPSA) is 65.3 Å². The van der Waals surface area contributed by atoms with Crippen LogP contribution in [0.15, 0.2) is 76.7 Å². The van der Waals surface area contributed by atoms with Crippen LogP contribution in [-0.4, -0.2) is 43.7 Å². The molecule has 158 valence electrons. The summed E-state index contributed by atoms with van der Waals surface area (Å²) in [7, 11) is 0. The number of pyridine rings is 1. The van der Waals surface area contributed by atoms with Crippen LogP contribution >= 0.6 is 0 Å². The second-order valence-corrected chi connectivity index (χ2v) is 6.96. The normalized spacial score (nSPS) is 15.1. The molecule has 0 fully saturated rings. The van der Waals surface area contributed by atoms with E-state index < -0.39 is 0 Å². The molecule has 6 nitrogen and oxygen atoms in total. The summed E-state index contributed by atoms with van der Waals surface area (Å²) in [6, 6.07) is 21.5. The highest BCUT2D eigenvalue weighted by molar-refractivity contribution is 5.84. The van der Waals surface area contributed by atoms with Crippen LogP contribution in [0, 0.1) is 0 Å². The van der Waals surface area contributed by atoms with Gasteiger partial charge in [0, 0.05) is 23.6 Å². The lowest BCUT2D eigenvalue weighted by molar-refractivity contribution is 0.150. The fraction of sp³-hybridized carbons (Fsp3) is 0.240. The summed E-state index contributed by atoms with van der Waals surface area (Å²) in [4.78, 5) is 13.6. The molecular formula is C25H25N3O3. The first-order valence-electron chi connectivity index (χ1n) is 10.3. The molecule has 0 amide bonds. The van der Waals surface area contributed by atoms with E-state index in [1.807, 2.05) is 79.2 Å². The molecule has 0 aliphatic carbocycles. The minimum absolute atomic E-state index is 0.366. The smallest absolute Gasteiger partial charge is 0.130 e. The average molecular weight is 415 g/mol. The first-order valence-corrected chi connectivity index (χ1v) is 10.3. The Morgan fingerprint density at radius 3 is 1.65 bits per heavy atom. The number of hydrogen-bond acceptors (Lipinski definition) is 6. The first kappa shape index (κ1) is 20.8. The van der Waals surface area contributed by atoms with E-state index in [9.17, 15) is 0 Å². The predicted octanol–water partition coefficient (Wildman–Crippen LogP) is 4.11. The van der Waals surface area contributed by atoms with E-state index in [2.05, 4.69) is 15.0 Å². The molecule has 0 atom stereocenters. The summed E-state index contributed by atoms with van der Waals surface area (Å²) >= 11 is 0. The van der Waals surface area contributed by atoms with Gasteiger partial charge in [-0.1, -0.05) is 30.3 Å². The lowest BCUT2D eigenvalue weighted by atomic mass is 10.2. The van der Waals surface area contributed by atoms with Crippen molar-refractivity contribution in [2.45, 2.75) is 13.2 Å². The van der Waals surface area contributed by atoms with Gasteiger partial charge in [0.15, 0.2) is 0 Å². The molecule has 0 saturated heterocycles. The van der Waals surface area contributed by atoms with Crippen molar-refractivity contribution in [3.8, 4) is 11.5 Å². The minimum atomic E-state index is 0.366. The Morgan fingerprint density at radius 1 is 0.581 bits per heavy atom. The van der Waals surface area contributed by atoms with Crippen LogP contribution in [0.2, 0.25) is 0 Å². The third-order valence-corrected chi connectivity index (χ3v) is 4.64. The summed E-state index contributed by atoms with van der Waals surface area (Å²) in [6.45, 7) is 2.99. The summed E-state index contributed by atoms with van der Waals surface area (Å²) in [6.07, 6.45) is 3.65. The molecular weight excluding hydrogens is 390 g/mol. The number of nitrogens with zero attached hydrogens (tertiary/aromatic N) is 3. The SMILES string of the molecule is C1=NCCOCCN=Cc2ccccc2OCc2cccc(n2)COc2ccccc21. The third kappa shape index (κ3) is 6.23. The average Bonchev–Trinajstić information content (AvgIpc) is 2.81. The maximum absolute atomic E-state index is 6.02. The number of benzene rings is 2. The standard InChI is InChI=1S/C25H25N3O3/c1-3-10-24-20(6-1)16-26-12-14-29-15-13-27-17-21-7-2-4-11-25(21)31-19-23-9-5-8-22(28-23)18-30-24/h1-11,16-17H,12-15,18-19H2. The van der Waals surface area contributed by atoms with E-state index in [0.29, 0.717) is 39.5 Å². The molecule has 0 spiro atoms. The number of para-hydroxylation sites is 2. The molecule has 1 aliphatic heterocycles. The lowest BCUT2D eigenvalue weighted by Gasteiger charge is -2.11. The maximum Gasteiger partial charge on any atom is 0.130 e. The molecule has 0 N–H and O–H groups in total. The quantitative estimate of drug-likeness (QED) is 0.554. The van der Waals surface area contributed by atoms with Gasteiger partial charge in [-0.2, -0.15) is 0 Å². The zero-order valence-electron chi connectivity index (χ0n) is 17.3. The summed E-state index contributed by atoms with van der Waals surface area (Å²) in [5.74, 6) is 1.54. The molecule has 0 radical (unpaired) electrons. The van der Waals surface area contributed by atoms with Crippen LogP contribution in [0.3, 0.4) is 0 Å². The van der Waals surface area contributed by atoms with Crippen LogP contribution in [0.1, 0.15) is 22.5 Å². The molecule has 31 heavy (non-hydrogen) atoms. The molecule has 0 saturated carbocycles. The summed E-state index contributed by atoms with van der Waals surface area (Å²) < 4.78 is 17.7. The van der Waals surface area contributed by atoms with Gasteiger partial charge in [-0.3, -0.25) is 15.0 Å². The van der Waals surface area contributed by atoms with Crippen LogP contribution in [0.4, 0.5) is 0 Å². The monoisotopic (exact) mass is 415 g/mol. The number of aliphatic imine (C=N–C) groups is 2. The Morgan fingerprint density at radius 2 is 1.10 bits per heavy atom. The maximum atomic E-state index is 6.02. The number of rotatable bonds is 0. The van der Waals surface area contributed by atoms with Crippen molar-refractivity contribution < 1.29 is 14.2 Å². The van der Waals surface area contributed by atoms with Crippen LogP contribution in [0.25, 0.3) is 0 Å². The van der Waals surface area contributed by atoms with Gasteiger partial charge in [0.05, 0.1) is 37.7 Å². The molecule has 0 unspecified atom stereocenters. The number of aromatic nitrogens is 1. The molecule has 1 aromatic heterocycles. The van der Waals surface area contributed by atoms with E-state index in [1.54, 1.807) is 0 Å². The third-order valence-electron chi connectivity index (χ3n) is 4.64. The second kappa shape index (κ2) is 11.0. The van der Waals surface area contributed by atoms with Gasteiger partial charge < -0.3 is 14.2 Å². The Bertz CT molecular complexity index is 971. The number of fused-ring (bicyclic) bond motifs is 4. The van der Waals surface area contributed by atoms with E-state index >= 15 is 0 Å². The summed E-state index contributed by atoms with van der Waals surface area (Å²) in [5, 5.41) is 0. The Labute approximate surface area is 182 Å². The Balaban J connectivity index is 1.54. The molecule has 2 bridgehead atoms. The molecule has 3 aromatic rings. The highest BCUT2D eigenvalue weighted by Crippen LogP contribution is 2.19. The van der Waals surface area contributed by atoms with Crippen molar-refractivity contribution in [3.05, 3.63) is 89.2 Å². The fourth-order valence-electron chi connectivity index (χ4n) is 3.09. The predicted molar refractivity (Wildman–Crippen MR) is 122 cm³/mol. The first-order chi connectivity index (χ1) is 15.4. The highest BCUT2D eigenvalue weighted by Gasteiger charge is 2.06. The minimum Gasteiger partial charge on any atom is -0.487 e. The van der Waals surface area contributed by atoms with Gasteiger partial charge in [-0.25, -0.2) is 0 Å². The van der Waals surface area contributed by atoms with Gasteiger partial charge in [0.25, 0.3) is 0 Å². The fourth-order valence-corrected chi connectivity index (χ4v) is 3.09. The zero-order chi connectivity index (χ0) is 21.1. The van der Waals surface area contributed by atoms with Crippen molar-refractivity contribution in [3.63, 3.8) is 0 Å². The molecule has 4 rings (SSSR count). The van der Waals surface area contributed by atoms with Crippen molar-refractivity contribution in [2.24, 2.45) is 9.98 Å². The van der Waals surface area contributed by atoms with Crippen molar-refractivity contribution >= 4 is 12.4 Å². The van der Waals surface area contributed by atoms with Crippen LogP contribution in [0.5, 0.6) is 11.5 Å². The van der Waals surface area contributed by atoms with E-state index in [4.69, 9.17) is 14.2 Å². The number of ether oxygens (including phenoxy) is 3. The highest BCUT2D eigenvalue weighted by atomic mass is 16.5. The molecule has 6 heteroatoms. The van der Waals surface area contributed by atoms with E-state index in [-0.39, 0.29) is 0 Å². The second-order valence-electron chi connectivity index (χ2n) is 6.96. The molecule has 2 heterocycles. The van der Waals surface area contributed by atoms with Crippen molar-refractivity contribution in [1.29, 1.82) is 0 Å². The van der Waals surface area contributed by atoms with Gasteiger partial charge in [-0.15, -0.1) is 0 Å². The lowest BCUT2D eigenvalue weighted by Crippen LogP contribution is -2.06. The van der Waals surface area contributed by atoms with Gasteiger partial charge in [-0.05, 0) is 36.4 Å². The molecule has 1 aliphatic rings. The van der Waals surface area contributed by atoms with Crippen LogP contribution in [-0.2, 0) is 18.0 Å².